The van der Waals surface area contributed by atoms with Gasteiger partial charge in [0.25, 0.3) is 0 Å². The third-order valence-corrected chi connectivity index (χ3v) is 5.72. The predicted octanol–water partition coefficient (Wildman–Crippen LogP) is 2.37. The molecule has 1 fully saturated rings. The zero-order valence-corrected chi connectivity index (χ0v) is 14.8. The van der Waals surface area contributed by atoms with Crippen LogP contribution >= 0.6 is 0 Å². The van der Waals surface area contributed by atoms with Gasteiger partial charge in [-0.2, -0.15) is 4.31 Å². The van der Waals surface area contributed by atoms with Crippen molar-refractivity contribution < 1.29 is 17.6 Å². The number of hydrogen-bond donors (Lipinski definition) is 1. The lowest BCUT2D eigenvalue weighted by molar-refractivity contribution is -0.128. The molecule has 0 atom stereocenters. The molecule has 0 saturated carbocycles. The van der Waals surface area contributed by atoms with Gasteiger partial charge in [0.2, 0.25) is 15.9 Å². The van der Waals surface area contributed by atoms with Crippen LogP contribution in [0.1, 0.15) is 11.1 Å². The molecule has 1 heterocycles. The van der Waals surface area contributed by atoms with Crippen LogP contribution in [0, 0.1) is 11.7 Å². The first kappa shape index (κ1) is 18.3. The lowest BCUT2D eigenvalue weighted by Crippen LogP contribution is -2.55. The predicted molar refractivity (Wildman–Crippen MR) is 97.7 cm³/mol. The Morgan fingerprint density at radius 2 is 1.77 bits per heavy atom. The summed E-state index contributed by atoms with van der Waals surface area (Å²) in [6.07, 6.45) is 1.53. The monoisotopic (exact) mass is 374 g/mol. The number of nitrogens with one attached hydrogen (secondary N) is 1. The molecule has 0 spiro atoms. The molecule has 1 N–H and O–H groups in total. The Labute approximate surface area is 152 Å². The Morgan fingerprint density at radius 1 is 1.12 bits per heavy atom. The normalized spacial score (nSPS) is 15.7. The topological polar surface area (TPSA) is 66.5 Å². The quantitative estimate of drug-likeness (QED) is 0.844. The Balaban J connectivity index is 1.50. The first-order valence-corrected chi connectivity index (χ1v) is 9.70. The van der Waals surface area contributed by atoms with E-state index in [0.717, 1.165) is 11.0 Å². The Kier molecular flexibility index (Phi) is 5.49. The first-order chi connectivity index (χ1) is 12.5. The lowest BCUT2D eigenvalue weighted by atomic mass is 10.0. The number of carbonyl (C=O) groups is 1. The average molecular weight is 374 g/mol. The van der Waals surface area contributed by atoms with Crippen molar-refractivity contribution in [2.75, 3.05) is 13.1 Å². The van der Waals surface area contributed by atoms with Crippen molar-refractivity contribution in [1.82, 2.24) is 9.62 Å². The maximum absolute atomic E-state index is 13.5. The minimum Gasteiger partial charge on any atom is -0.352 e. The Bertz CT molecular complexity index is 907. The fourth-order valence-corrected chi connectivity index (χ4v) is 3.87. The smallest absolute Gasteiger partial charge is 0.236 e. The minimum atomic E-state index is -3.55. The molecule has 3 rings (SSSR count). The molecule has 26 heavy (non-hydrogen) atoms. The largest absolute Gasteiger partial charge is 0.352 e. The summed E-state index contributed by atoms with van der Waals surface area (Å²) in [5.41, 5.74) is 1.19. The van der Waals surface area contributed by atoms with Gasteiger partial charge in [-0.3, -0.25) is 4.79 Å². The number of halogens is 1. The van der Waals surface area contributed by atoms with Gasteiger partial charge in [-0.1, -0.05) is 48.5 Å². The molecule has 1 amide bonds. The summed E-state index contributed by atoms with van der Waals surface area (Å²) >= 11 is 0. The number of amides is 1. The molecule has 1 aliphatic rings. The van der Waals surface area contributed by atoms with Crippen LogP contribution in [-0.2, 0) is 21.4 Å². The molecule has 1 aliphatic heterocycles. The van der Waals surface area contributed by atoms with Crippen molar-refractivity contribution in [2.45, 2.75) is 6.54 Å². The van der Waals surface area contributed by atoms with Crippen molar-refractivity contribution in [3.05, 3.63) is 76.9 Å². The van der Waals surface area contributed by atoms with Gasteiger partial charge in [0.15, 0.2) is 0 Å². The van der Waals surface area contributed by atoms with Gasteiger partial charge in [0.05, 0.1) is 5.92 Å². The number of nitrogens with zero attached hydrogens (tertiary/aromatic N) is 1. The van der Waals surface area contributed by atoms with E-state index in [4.69, 9.17) is 0 Å². The molecule has 0 bridgehead atoms. The Hall–Kier alpha value is -2.51. The summed E-state index contributed by atoms with van der Waals surface area (Å²) in [5, 5.41) is 3.80. The van der Waals surface area contributed by atoms with Crippen molar-refractivity contribution in [3.63, 3.8) is 0 Å². The number of hydrogen-bond acceptors (Lipinski definition) is 3. The fourth-order valence-electron chi connectivity index (χ4n) is 2.59. The van der Waals surface area contributed by atoms with E-state index in [-0.39, 0.29) is 31.4 Å². The summed E-state index contributed by atoms with van der Waals surface area (Å²) < 4.78 is 39.3. The van der Waals surface area contributed by atoms with Gasteiger partial charge in [-0.05, 0) is 17.7 Å². The van der Waals surface area contributed by atoms with Crippen molar-refractivity contribution in [2.24, 2.45) is 5.92 Å². The number of carbonyl (C=O) groups excluding carboxylic acids is 1. The van der Waals surface area contributed by atoms with Gasteiger partial charge in [-0.15, -0.1) is 0 Å². The van der Waals surface area contributed by atoms with Crippen LogP contribution < -0.4 is 5.32 Å². The number of rotatable bonds is 6. The molecular weight excluding hydrogens is 355 g/mol. The SMILES string of the molecule is O=C(NCc1ccccc1F)C1CN(S(=O)(=O)C=Cc2ccccc2)C1. The fraction of sp³-hybridized carbons (Fsp3) is 0.211. The van der Waals surface area contributed by atoms with Gasteiger partial charge < -0.3 is 5.32 Å². The molecule has 0 radical (unpaired) electrons. The van der Waals surface area contributed by atoms with E-state index in [2.05, 4.69) is 5.32 Å². The van der Waals surface area contributed by atoms with Crippen LogP contribution in [0.5, 0.6) is 0 Å². The second kappa shape index (κ2) is 7.80. The molecule has 1 saturated heterocycles. The van der Waals surface area contributed by atoms with Crippen molar-refractivity contribution in [3.8, 4) is 0 Å². The van der Waals surface area contributed by atoms with Crippen LogP contribution in [0.25, 0.3) is 6.08 Å². The van der Waals surface area contributed by atoms with E-state index < -0.39 is 15.9 Å². The van der Waals surface area contributed by atoms with E-state index in [9.17, 15) is 17.6 Å². The van der Waals surface area contributed by atoms with Gasteiger partial charge in [0.1, 0.15) is 5.82 Å². The molecule has 136 valence electrons. The molecule has 2 aromatic rings. The van der Waals surface area contributed by atoms with E-state index in [1.54, 1.807) is 30.3 Å². The maximum atomic E-state index is 13.5. The van der Waals surface area contributed by atoms with E-state index in [1.807, 2.05) is 18.2 Å². The van der Waals surface area contributed by atoms with Gasteiger partial charge >= 0.3 is 0 Å². The average Bonchev–Trinajstić information content (AvgIpc) is 2.59. The first-order valence-electron chi connectivity index (χ1n) is 8.20. The number of sulfonamides is 1. The van der Waals surface area contributed by atoms with Crippen LogP contribution in [0.3, 0.4) is 0 Å². The standard InChI is InChI=1S/C19H19FN2O3S/c20-18-9-5-4-8-16(18)12-21-19(23)17-13-22(14-17)26(24,25)11-10-15-6-2-1-3-7-15/h1-11,17H,12-14H2,(H,21,23). The van der Waals surface area contributed by atoms with Crippen LogP contribution in [0.2, 0.25) is 0 Å². The summed E-state index contributed by atoms with van der Waals surface area (Å²) in [5.74, 6) is -1.06. The molecule has 2 aromatic carbocycles. The highest BCUT2D eigenvalue weighted by Gasteiger charge is 2.38. The Morgan fingerprint density at radius 3 is 2.46 bits per heavy atom. The summed E-state index contributed by atoms with van der Waals surface area (Å²) in [4.78, 5) is 12.1. The second-order valence-electron chi connectivity index (χ2n) is 6.08. The molecule has 0 unspecified atom stereocenters. The van der Waals surface area contributed by atoms with E-state index in [0.29, 0.717) is 5.56 Å². The van der Waals surface area contributed by atoms with E-state index in [1.165, 1.54) is 16.4 Å². The van der Waals surface area contributed by atoms with Crippen molar-refractivity contribution >= 4 is 22.0 Å². The molecule has 0 aromatic heterocycles. The lowest BCUT2D eigenvalue weighted by Gasteiger charge is -2.36. The highest BCUT2D eigenvalue weighted by molar-refractivity contribution is 7.92. The van der Waals surface area contributed by atoms with Gasteiger partial charge in [0, 0.05) is 30.6 Å². The third-order valence-electron chi connectivity index (χ3n) is 4.22. The van der Waals surface area contributed by atoms with Crippen LogP contribution in [0.4, 0.5) is 4.39 Å². The zero-order chi connectivity index (χ0) is 18.6. The maximum Gasteiger partial charge on any atom is 0.236 e. The summed E-state index contributed by atoms with van der Waals surface area (Å²) in [6.45, 7) is 0.345. The van der Waals surface area contributed by atoms with Gasteiger partial charge in [-0.25, -0.2) is 12.8 Å². The molecular formula is C19H19FN2O3S. The summed E-state index contributed by atoms with van der Waals surface area (Å²) in [7, 11) is -3.55. The van der Waals surface area contributed by atoms with Crippen molar-refractivity contribution in [1.29, 1.82) is 0 Å². The highest BCUT2D eigenvalue weighted by atomic mass is 32.2. The van der Waals surface area contributed by atoms with E-state index >= 15 is 0 Å². The van der Waals surface area contributed by atoms with Crippen LogP contribution in [0.15, 0.2) is 60.0 Å². The minimum absolute atomic E-state index is 0.0860. The van der Waals surface area contributed by atoms with Crippen LogP contribution in [-0.4, -0.2) is 31.7 Å². The second-order valence-corrected chi connectivity index (χ2v) is 7.90. The molecule has 5 nitrogen and oxygen atoms in total. The zero-order valence-electron chi connectivity index (χ0n) is 14.0. The molecule has 0 aliphatic carbocycles. The highest BCUT2D eigenvalue weighted by Crippen LogP contribution is 2.21. The summed E-state index contributed by atoms with van der Waals surface area (Å²) in [6, 6.07) is 15.3. The number of benzene rings is 2. The molecule has 7 heteroatoms. The third kappa shape index (κ3) is 4.36.